The first kappa shape index (κ1) is 19.0. The number of furan rings is 1. The number of nitrogens with one attached hydrogen (secondary N) is 2. The van der Waals surface area contributed by atoms with Gasteiger partial charge in [-0.05, 0) is 38.3 Å². The Labute approximate surface area is 136 Å². The number of nitrogens with two attached hydrogens (primary N) is 1. The molecule has 9 heteroatoms. The number of aryl methyl sites for hydroxylation is 1. The Morgan fingerprint density at radius 1 is 1.45 bits per heavy atom. The Hall–Kier alpha value is -1.09. The average molecular weight is 352 g/mol. The predicted molar refractivity (Wildman–Crippen MR) is 84.6 cm³/mol. The van der Waals surface area contributed by atoms with Gasteiger partial charge in [0.2, 0.25) is 10.0 Å². The Morgan fingerprint density at radius 3 is 2.55 bits per heavy atom. The molecule has 0 aromatic carbocycles. The van der Waals surface area contributed by atoms with Crippen molar-refractivity contribution < 1.29 is 17.6 Å². The second kappa shape index (κ2) is 6.99. The summed E-state index contributed by atoms with van der Waals surface area (Å²) in [6.07, 6.45) is 1.96. The van der Waals surface area contributed by atoms with Crippen molar-refractivity contribution in [2.24, 2.45) is 10.6 Å². The molecule has 0 aliphatic carbocycles. The van der Waals surface area contributed by atoms with E-state index in [0.717, 1.165) is 25.9 Å². The van der Waals surface area contributed by atoms with Crippen LogP contribution in [-0.2, 0) is 10.0 Å². The second-order valence-corrected chi connectivity index (χ2v) is 7.35. The van der Waals surface area contributed by atoms with Crippen molar-refractivity contribution in [3.8, 4) is 0 Å². The van der Waals surface area contributed by atoms with E-state index >= 15 is 0 Å². The van der Waals surface area contributed by atoms with Gasteiger partial charge in [0.1, 0.15) is 10.7 Å². The minimum Gasteiger partial charge on any atom is -0.455 e. The van der Waals surface area contributed by atoms with E-state index in [0.29, 0.717) is 6.54 Å². The molecular formula is C13H22ClN3O4S. The van der Waals surface area contributed by atoms with Crippen LogP contribution in [0.5, 0.6) is 0 Å². The van der Waals surface area contributed by atoms with Crippen molar-refractivity contribution >= 4 is 28.3 Å². The van der Waals surface area contributed by atoms with E-state index in [1.165, 1.54) is 13.0 Å². The number of hydrogen-bond donors (Lipinski definition) is 3. The highest BCUT2D eigenvalue weighted by Gasteiger charge is 2.28. The topological polar surface area (TPSA) is 114 Å². The lowest BCUT2D eigenvalue weighted by atomic mass is 9.81. The summed E-state index contributed by atoms with van der Waals surface area (Å²) in [6.45, 7) is 5.98. The van der Waals surface area contributed by atoms with E-state index in [9.17, 15) is 13.2 Å². The van der Waals surface area contributed by atoms with E-state index < -0.39 is 15.9 Å². The maximum Gasteiger partial charge on any atom is 0.287 e. The molecular weight excluding hydrogens is 330 g/mol. The largest absolute Gasteiger partial charge is 0.455 e. The molecule has 0 unspecified atom stereocenters. The summed E-state index contributed by atoms with van der Waals surface area (Å²) in [5, 5.41) is 11.1. The molecule has 22 heavy (non-hydrogen) atoms. The zero-order valence-corrected chi connectivity index (χ0v) is 14.3. The van der Waals surface area contributed by atoms with E-state index in [2.05, 4.69) is 17.6 Å². The third-order valence-corrected chi connectivity index (χ3v) is 4.91. The molecule has 0 saturated carbocycles. The molecule has 1 aliphatic rings. The molecule has 0 spiro atoms. The molecule has 2 rings (SSSR count). The Morgan fingerprint density at radius 2 is 2.05 bits per heavy atom. The number of halogens is 1. The first-order valence-electron chi connectivity index (χ1n) is 6.83. The number of sulfonamides is 1. The highest BCUT2D eigenvalue weighted by atomic mass is 35.5. The number of carbonyl (C=O) groups excluding carboxylic acids is 1. The maximum atomic E-state index is 12.1. The third kappa shape index (κ3) is 4.45. The first-order chi connectivity index (χ1) is 9.71. The van der Waals surface area contributed by atoms with Crippen molar-refractivity contribution in [3.05, 3.63) is 17.6 Å². The van der Waals surface area contributed by atoms with Gasteiger partial charge < -0.3 is 15.1 Å². The number of carbonyl (C=O) groups is 1. The van der Waals surface area contributed by atoms with Crippen LogP contribution in [0.3, 0.4) is 0 Å². The molecule has 1 amide bonds. The fraction of sp³-hybridized carbons (Fsp3) is 0.615. The Balaban J connectivity index is 0.00000242. The minimum atomic E-state index is -3.88. The molecule has 7 nitrogen and oxygen atoms in total. The summed E-state index contributed by atoms with van der Waals surface area (Å²) in [7, 11) is -3.88. The van der Waals surface area contributed by atoms with Crippen LogP contribution in [0.1, 0.15) is 36.1 Å². The van der Waals surface area contributed by atoms with Crippen LogP contribution in [0, 0.1) is 12.3 Å². The molecule has 1 aliphatic heterocycles. The molecule has 1 fully saturated rings. The lowest BCUT2D eigenvalue weighted by molar-refractivity contribution is 0.0893. The summed E-state index contributed by atoms with van der Waals surface area (Å²) < 4.78 is 27.8. The second-order valence-electron chi connectivity index (χ2n) is 5.82. The lowest BCUT2D eigenvalue weighted by Crippen LogP contribution is -2.42. The van der Waals surface area contributed by atoms with Crippen LogP contribution in [0.2, 0.25) is 0 Å². The summed E-state index contributed by atoms with van der Waals surface area (Å²) in [5.74, 6) is -0.336. The van der Waals surface area contributed by atoms with E-state index in [1.54, 1.807) is 0 Å². The molecule has 0 bridgehead atoms. The fourth-order valence-electron chi connectivity index (χ4n) is 2.45. The highest BCUT2D eigenvalue weighted by molar-refractivity contribution is 7.89. The van der Waals surface area contributed by atoms with Crippen molar-refractivity contribution in [1.29, 1.82) is 0 Å². The zero-order chi connectivity index (χ0) is 15.7. The molecule has 1 aromatic rings. The van der Waals surface area contributed by atoms with Crippen LogP contribution in [0.15, 0.2) is 15.4 Å². The van der Waals surface area contributed by atoms with Crippen molar-refractivity contribution in [1.82, 2.24) is 10.6 Å². The molecule has 0 atom stereocenters. The van der Waals surface area contributed by atoms with Gasteiger partial charge in [-0.1, -0.05) is 6.92 Å². The summed E-state index contributed by atoms with van der Waals surface area (Å²) in [5.41, 5.74) is 0.0469. The predicted octanol–water partition coefficient (Wildman–Crippen LogP) is 0.777. The van der Waals surface area contributed by atoms with Gasteiger partial charge in [-0.25, -0.2) is 13.6 Å². The summed E-state index contributed by atoms with van der Waals surface area (Å²) >= 11 is 0. The molecule has 1 aromatic heterocycles. The van der Waals surface area contributed by atoms with Crippen LogP contribution in [0.25, 0.3) is 0 Å². The number of rotatable bonds is 4. The van der Waals surface area contributed by atoms with Crippen LogP contribution < -0.4 is 15.8 Å². The SMILES string of the molecule is Cc1oc(C(=O)NCC2(C)CCNCC2)cc1S(N)(=O)=O.Cl. The quantitative estimate of drug-likeness (QED) is 0.741. The maximum absolute atomic E-state index is 12.1. The van der Waals surface area contributed by atoms with Gasteiger partial charge in [0.05, 0.1) is 0 Å². The standard InChI is InChI=1S/C13H21N3O4S.ClH/c1-9-11(21(14,18)19)7-10(20-9)12(17)16-8-13(2)3-5-15-6-4-13;/h7,15H,3-6,8H2,1-2H3,(H,16,17)(H2,14,18,19);1H. The Kier molecular flexibility index (Phi) is 6.03. The monoisotopic (exact) mass is 351 g/mol. The molecule has 2 heterocycles. The van der Waals surface area contributed by atoms with Gasteiger partial charge >= 0.3 is 0 Å². The molecule has 4 N–H and O–H groups in total. The lowest BCUT2D eigenvalue weighted by Gasteiger charge is -2.33. The van der Waals surface area contributed by atoms with Gasteiger partial charge in [-0.15, -0.1) is 12.4 Å². The minimum absolute atomic E-state index is 0. The van der Waals surface area contributed by atoms with E-state index in [-0.39, 0.29) is 34.2 Å². The zero-order valence-electron chi connectivity index (χ0n) is 12.6. The number of amides is 1. The van der Waals surface area contributed by atoms with Crippen LogP contribution in [0.4, 0.5) is 0 Å². The fourth-order valence-corrected chi connectivity index (χ4v) is 3.16. The van der Waals surface area contributed by atoms with Crippen molar-refractivity contribution in [2.75, 3.05) is 19.6 Å². The number of primary sulfonamides is 1. The number of piperidine rings is 1. The van der Waals surface area contributed by atoms with E-state index in [1.807, 2.05) is 0 Å². The van der Waals surface area contributed by atoms with Crippen LogP contribution in [-0.4, -0.2) is 34.0 Å². The average Bonchev–Trinajstić information content (AvgIpc) is 2.79. The van der Waals surface area contributed by atoms with Crippen molar-refractivity contribution in [3.63, 3.8) is 0 Å². The van der Waals surface area contributed by atoms with E-state index in [4.69, 9.17) is 9.56 Å². The molecule has 0 radical (unpaired) electrons. The van der Waals surface area contributed by atoms with Gasteiger partial charge in [0, 0.05) is 12.6 Å². The summed E-state index contributed by atoms with van der Waals surface area (Å²) in [4.78, 5) is 11.9. The normalized spacial score (nSPS) is 17.6. The van der Waals surface area contributed by atoms with Crippen molar-refractivity contribution in [2.45, 2.75) is 31.6 Å². The van der Waals surface area contributed by atoms with Gasteiger partial charge in [-0.3, -0.25) is 4.79 Å². The smallest absolute Gasteiger partial charge is 0.287 e. The summed E-state index contributed by atoms with van der Waals surface area (Å²) in [6, 6.07) is 1.17. The number of hydrogen-bond acceptors (Lipinski definition) is 5. The third-order valence-electron chi connectivity index (χ3n) is 3.89. The van der Waals surface area contributed by atoms with Gasteiger partial charge in [0.25, 0.3) is 5.91 Å². The van der Waals surface area contributed by atoms with Gasteiger partial charge in [-0.2, -0.15) is 0 Å². The molecule has 126 valence electrons. The highest BCUT2D eigenvalue weighted by Crippen LogP contribution is 2.27. The molecule has 1 saturated heterocycles. The van der Waals surface area contributed by atoms with Crippen LogP contribution >= 0.6 is 12.4 Å². The Bertz CT molecular complexity index is 636. The van der Waals surface area contributed by atoms with Gasteiger partial charge in [0.15, 0.2) is 5.76 Å². The first-order valence-corrected chi connectivity index (χ1v) is 8.38.